The Hall–Kier alpha value is -1.07. The van der Waals surface area contributed by atoms with Gasteiger partial charge in [-0.1, -0.05) is 18.2 Å². The number of hydrogen-bond acceptors (Lipinski definition) is 2. The zero-order chi connectivity index (χ0) is 14.9. The maximum absolute atomic E-state index is 12.4. The first-order valence-electron chi connectivity index (χ1n) is 6.59. The summed E-state index contributed by atoms with van der Waals surface area (Å²) >= 11 is 1.65. The molecule has 2 aromatic rings. The molecule has 0 amide bonds. The van der Waals surface area contributed by atoms with Crippen molar-refractivity contribution in [1.29, 1.82) is 0 Å². The zero-order valence-electron chi connectivity index (χ0n) is 11.7. The van der Waals surface area contributed by atoms with Crippen LogP contribution in [-0.2, 0) is 0 Å². The third-order valence-electron chi connectivity index (χ3n) is 3.35. The van der Waals surface area contributed by atoms with Crippen LogP contribution in [0, 0.1) is 6.92 Å². The van der Waals surface area contributed by atoms with Gasteiger partial charge in [0, 0.05) is 21.7 Å². The minimum Gasteiger partial charge on any atom is -0.307 e. The van der Waals surface area contributed by atoms with E-state index in [0.29, 0.717) is 0 Å². The summed E-state index contributed by atoms with van der Waals surface area (Å²) in [5.74, 6) is 0. The van der Waals surface area contributed by atoms with Crippen molar-refractivity contribution in [3.63, 3.8) is 0 Å². The molecule has 0 saturated heterocycles. The van der Waals surface area contributed by atoms with Crippen molar-refractivity contribution in [2.75, 3.05) is 0 Å². The number of fused-ring (bicyclic) bond motifs is 1. The number of benzene rings is 1. The molecule has 2 unspecified atom stereocenters. The Balaban J connectivity index is 2.15. The number of thiophene rings is 1. The molecule has 1 nitrogen and oxygen atoms in total. The number of halogens is 3. The lowest BCUT2D eigenvalue weighted by molar-refractivity contribution is -0.139. The van der Waals surface area contributed by atoms with E-state index < -0.39 is 18.6 Å². The van der Waals surface area contributed by atoms with Crippen molar-refractivity contribution in [1.82, 2.24) is 5.32 Å². The number of nitrogens with one attached hydrogen (secondary N) is 1. The maximum Gasteiger partial charge on any atom is 0.390 e. The Kier molecular flexibility index (Phi) is 4.39. The molecule has 1 N–H and O–H groups in total. The molecule has 0 radical (unpaired) electrons. The summed E-state index contributed by atoms with van der Waals surface area (Å²) in [7, 11) is 0. The van der Waals surface area contributed by atoms with Crippen LogP contribution < -0.4 is 5.32 Å². The van der Waals surface area contributed by atoms with Gasteiger partial charge in [-0.15, -0.1) is 11.3 Å². The summed E-state index contributed by atoms with van der Waals surface area (Å²) in [4.78, 5) is 1.11. The summed E-state index contributed by atoms with van der Waals surface area (Å²) in [5.41, 5.74) is 1.16. The molecule has 0 aliphatic carbocycles. The van der Waals surface area contributed by atoms with E-state index >= 15 is 0 Å². The van der Waals surface area contributed by atoms with Crippen molar-refractivity contribution in [3.8, 4) is 0 Å². The van der Waals surface area contributed by atoms with Crippen LogP contribution in [0.3, 0.4) is 0 Å². The van der Waals surface area contributed by atoms with Gasteiger partial charge in [0.15, 0.2) is 0 Å². The van der Waals surface area contributed by atoms with Gasteiger partial charge in [0.25, 0.3) is 0 Å². The molecule has 0 aliphatic rings. The molecule has 110 valence electrons. The molecule has 0 saturated carbocycles. The van der Waals surface area contributed by atoms with Crippen molar-refractivity contribution >= 4 is 21.4 Å². The summed E-state index contributed by atoms with van der Waals surface area (Å²) in [6.07, 6.45) is -4.93. The van der Waals surface area contributed by atoms with E-state index in [9.17, 15) is 13.2 Å². The molecule has 1 heterocycles. The van der Waals surface area contributed by atoms with Crippen LogP contribution in [0.1, 0.15) is 36.8 Å². The highest BCUT2D eigenvalue weighted by Gasteiger charge is 2.30. The van der Waals surface area contributed by atoms with Gasteiger partial charge in [0.05, 0.1) is 6.42 Å². The topological polar surface area (TPSA) is 12.0 Å². The van der Waals surface area contributed by atoms with Crippen LogP contribution in [0.5, 0.6) is 0 Å². The maximum atomic E-state index is 12.4. The van der Waals surface area contributed by atoms with Crippen molar-refractivity contribution in [2.24, 2.45) is 0 Å². The average Bonchev–Trinajstić information content (AvgIpc) is 2.65. The van der Waals surface area contributed by atoms with E-state index in [-0.39, 0.29) is 6.04 Å². The Bertz CT molecular complexity index is 588. The van der Waals surface area contributed by atoms with E-state index in [4.69, 9.17) is 0 Å². The van der Waals surface area contributed by atoms with Gasteiger partial charge in [0.2, 0.25) is 0 Å². The predicted octanol–water partition coefficient (Wildman–Crippen LogP) is 5.20. The monoisotopic (exact) mass is 301 g/mol. The standard InChI is InChI=1S/C15H18F3NS/c1-9(8-15(16,17)18)19-11(3)14-10(2)12-6-4-5-7-13(12)20-14/h4-7,9,11,19H,8H2,1-3H3. The van der Waals surface area contributed by atoms with E-state index in [1.165, 1.54) is 10.1 Å². The second kappa shape index (κ2) is 5.74. The SMILES string of the molecule is Cc1c(C(C)NC(C)CC(F)(F)F)sc2ccccc12. The third-order valence-corrected chi connectivity index (χ3v) is 4.80. The van der Waals surface area contributed by atoms with E-state index in [0.717, 1.165) is 10.4 Å². The van der Waals surface area contributed by atoms with Crippen LogP contribution >= 0.6 is 11.3 Å². The van der Waals surface area contributed by atoms with Crippen molar-refractivity contribution in [2.45, 2.75) is 45.5 Å². The van der Waals surface area contributed by atoms with E-state index in [2.05, 4.69) is 11.4 Å². The second-order valence-corrected chi connectivity index (χ2v) is 6.28. The Labute approximate surface area is 120 Å². The molecule has 0 bridgehead atoms. The fraction of sp³-hybridized carbons (Fsp3) is 0.467. The first-order chi connectivity index (χ1) is 9.28. The minimum atomic E-state index is -4.12. The molecule has 2 rings (SSSR count). The Morgan fingerprint density at radius 3 is 2.45 bits per heavy atom. The van der Waals surface area contributed by atoms with E-state index in [1.54, 1.807) is 18.3 Å². The molecule has 0 spiro atoms. The summed E-state index contributed by atoms with van der Waals surface area (Å²) < 4.78 is 38.3. The minimum absolute atomic E-state index is 0.0789. The third kappa shape index (κ3) is 3.52. The van der Waals surface area contributed by atoms with Crippen molar-refractivity contribution in [3.05, 3.63) is 34.7 Å². The normalized spacial score (nSPS) is 15.5. The molecule has 0 fully saturated rings. The first kappa shape index (κ1) is 15.3. The Morgan fingerprint density at radius 2 is 1.85 bits per heavy atom. The Morgan fingerprint density at radius 1 is 1.20 bits per heavy atom. The number of alkyl halides is 3. The van der Waals surface area contributed by atoms with Gasteiger partial charge in [-0.25, -0.2) is 0 Å². The molecule has 2 atom stereocenters. The highest BCUT2D eigenvalue weighted by molar-refractivity contribution is 7.19. The lowest BCUT2D eigenvalue weighted by Gasteiger charge is -2.21. The lowest BCUT2D eigenvalue weighted by atomic mass is 10.1. The van der Waals surface area contributed by atoms with Crippen LogP contribution in [0.4, 0.5) is 13.2 Å². The highest BCUT2D eigenvalue weighted by Crippen LogP contribution is 2.35. The predicted molar refractivity (Wildman–Crippen MR) is 78.2 cm³/mol. The molecule has 1 aromatic carbocycles. The fourth-order valence-corrected chi connectivity index (χ4v) is 3.74. The second-order valence-electron chi connectivity index (χ2n) is 5.20. The van der Waals surface area contributed by atoms with Crippen molar-refractivity contribution < 1.29 is 13.2 Å². The molecule has 0 aliphatic heterocycles. The molecule has 1 aromatic heterocycles. The summed E-state index contributed by atoms with van der Waals surface area (Å²) in [5, 5.41) is 4.23. The number of aryl methyl sites for hydroxylation is 1. The molecule has 20 heavy (non-hydrogen) atoms. The largest absolute Gasteiger partial charge is 0.390 e. The van der Waals surface area contributed by atoms with Crippen LogP contribution in [0.15, 0.2) is 24.3 Å². The van der Waals surface area contributed by atoms with Gasteiger partial charge < -0.3 is 5.32 Å². The van der Waals surface area contributed by atoms with Gasteiger partial charge in [-0.3, -0.25) is 0 Å². The van der Waals surface area contributed by atoms with Gasteiger partial charge in [0.1, 0.15) is 0 Å². The molecular formula is C15H18F3NS. The summed E-state index contributed by atoms with van der Waals surface area (Å²) in [6, 6.07) is 7.39. The van der Waals surface area contributed by atoms with Gasteiger partial charge in [-0.2, -0.15) is 13.2 Å². The van der Waals surface area contributed by atoms with Gasteiger partial charge >= 0.3 is 6.18 Å². The first-order valence-corrected chi connectivity index (χ1v) is 7.40. The smallest absolute Gasteiger partial charge is 0.307 e. The van der Waals surface area contributed by atoms with Gasteiger partial charge in [-0.05, 0) is 37.8 Å². The van der Waals surface area contributed by atoms with E-state index in [1.807, 2.05) is 32.0 Å². The number of hydrogen-bond donors (Lipinski definition) is 1. The quantitative estimate of drug-likeness (QED) is 0.818. The zero-order valence-corrected chi connectivity index (χ0v) is 12.5. The number of rotatable bonds is 4. The molecular weight excluding hydrogens is 283 g/mol. The molecule has 5 heteroatoms. The van der Waals surface area contributed by atoms with Crippen LogP contribution in [0.25, 0.3) is 10.1 Å². The van der Waals surface area contributed by atoms with Crippen LogP contribution in [-0.4, -0.2) is 12.2 Å². The van der Waals surface area contributed by atoms with Crippen LogP contribution in [0.2, 0.25) is 0 Å². The fourth-order valence-electron chi connectivity index (χ4n) is 2.51. The summed E-state index contributed by atoms with van der Waals surface area (Å²) in [6.45, 7) is 5.53. The lowest BCUT2D eigenvalue weighted by Crippen LogP contribution is -2.33. The average molecular weight is 301 g/mol. The highest BCUT2D eigenvalue weighted by atomic mass is 32.1.